The topological polar surface area (TPSA) is 85.7 Å². The largest absolute Gasteiger partial charge is 0.483 e. The highest BCUT2D eigenvalue weighted by molar-refractivity contribution is 7.92. The van der Waals surface area contributed by atoms with Crippen LogP contribution in [0.5, 0.6) is 5.75 Å². The van der Waals surface area contributed by atoms with E-state index < -0.39 is 15.1 Å². The lowest BCUT2D eigenvalue weighted by atomic mass is 10.1. The number of amides is 1. The lowest BCUT2D eigenvalue weighted by molar-refractivity contribution is 0.0770. The Morgan fingerprint density at radius 3 is 2.64 bits per heavy atom. The molecule has 0 N–H and O–H groups in total. The van der Waals surface area contributed by atoms with Gasteiger partial charge in [0.2, 0.25) is 5.43 Å². The summed E-state index contributed by atoms with van der Waals surface area (Å²) in [7, 11) is -1.46. The van der Waals surface area contributed by atoms with E-state index in [0.29, 0.717) is 13.0 Å². The second-order valence-corrected chi connectivity index (χ2v) is 9.75. The number of nitrogens with zero attached hydrogens (tertiary/aromatic N) is 2. The number of hydrogen-bond acceptors (Lipinski definition) is 5. The molecular formula is C20H22N2O5S. The summed E-state index contributed by atoms with van der Waals surface area (Å²) in [4.78, 5) is 27.2. The molecule has 2 aliphatic rings. The molecule has 28 heavy (non-hydrogen) atoms. The highest BCUT2D eigenvalue weighted by atomic mass is 32.2. The smallest absolute Gasteiger partial charge is 0.274 e. The Labute approximate surface area is 163 Å². The number of carbonyl (C=O) groups excluding carboxylic acids is 1. The quantitative estimate of drug-likeness (QED) is 0.768. The second-order valence-electron chi connectivity index (χ2n) is 7.41. The lowest BCUT2D eigenvalue weighted by Crippen LogP contribution is -2.35. The highest BCUT2D eigenvalue weighted by Gasteiger charge is 2.48. The first-order valence-electron chi connectivity index (χ1n) is 9.24. The number of likely N-dealkylation sites (tertiary alicyclic amines) is 1. The van der Waals surface area contributed by atoms with Crippen molar-refractivity contribution in [2.24, 2.45) is 13.0 Å². The third kappa shape index (κ3) is 3.32. The van der Waals surface area contributed by atoms with Gasteiger partial charge in [0.05, 0.1) is 11.0 Å². The first-order chi connectivity index (χ1) is 13.4. The molecule has 3 heterocycles. The zero-order valence-electron chi connectivity index (χ0n) is 15.6. The molecule has 1 aromatic carbocycles. The van der Waals surface area contributed by atoms with E-state index in [1.807, 2.05) is 30.3 Å². The minimum atomic E-state index is -3.14. The first-order valence-corrected chi connectivity index (χ1v) is 11.0. The van der Waals surface area contributed by atoms with Gasteiger partial charge in [0.15, 0.2) is 21.3 Å². The highest BCUT2D eigenvalue weighted by Crippen LogP contribution is 2.34. The van der Waals surface area contributed by atoms with E-state index in [1.165, 1.54) is 17.2 Å². The molecule has 8 heteroatoms. The summed E-state index contributed by atoms with van der Waals surface area (Å²) in [6.07, 6.45) is 2.11. The van der Waals surface area contributed by atoms with Crippen LogP contribution in [0.2, 0.25) is 0 Å². The number of carbonyl (C=O) groups is 1. The Kier molecular flexibility index (Phi) is 4.74. The molecule has 0 bridgehead atoms. The van der Waals surface area contributed by atoms with Gasteiger partial charge in [0, 0.05) is 32.4 Å². The van der Waals surface area contributed by atoms with E-state index in [2.05, 4.69) is 0 Å². The molecule has 1 amide bonds. The SMILES string of the molecule is Cn1ccc(=O)c(OCc2ccccc2)c1C(=O)N1C[C@@H]2CCS(=O)(=O)[C@@H]2C1. The number of benzene rings is 1. The van der Waals surface area contributed by atoms with Gasteiger partial charge in [0.1, 0.15) is 6.61 Å². The van der Waals surface area contributed by atoms with E-state index in [4.69, 9.17) is 4.74 Å². The third-order valence-electron chi connectivity index (χ3n) is 5.57. The van der Waals surface area contributed by atoms with Crippen LogP contribution in [-0.4, -0.2) is 47.9 Å². The molecule has 0 radical (unpaired) electrons. The van der Waals surface area contributed by atoms with Gasteiger partial charge in [-0.15, -0.1) is 0 Å². The molecule has 0 spiro atoms. The predicted octanol–water partition coefficient (Wildman–Crippen LogP) is 1.22. The molecule has 0 unspecified atom stereocenters. The molecule has 2 atom stereocenters. The fourth-order valence-corrected chi connectivity index (χ4v) is 6.18. The molecule has 2 aromatic rings. The van der Waals surface area contributed by atoms with Gasteiger partial charge >= 0.3 is 0 Å². The Balaban J connectivity index is 1.61. The minimum Gasteiger partial charge on any atom is -0.483 e. The maximum absolute atomic E-state index is 13.2. The van der Waals surface area contributed by atoms with Crippen molar-refractivity contribution in [3.8, 4) is 5.75 Å². The fourth-order valence-electron chi connectivity index (χ4n) is 4.03. The number of aromatic nitrogens is 1. The van der Waals surface area contributed by atoms with Crippen molar-refractivity contribution in [1.29, 1.82) is 0 Å². The van der Waals surface area contributed by atoms with Crippen LogP contribution >= 0.6 is 0 Å². The number of fused-ring (bicyclic) bond motifs is 1. The molecule has 2 fully saturated rings. The van der Waals surface area contributed by atoms with Gasteiger partial charge in [-0.25, -0.2) is 8.42 Å². The average Bonchev–Trinajstić information content (AvgIpc) is 3.23. The van der Waals surface area contributed by atoms with Gasteiger partial charge in [-0.05, 0) is 17.9 Å². The summed E-state index contributed by atoms with van der Waals surface area (Å²) < 4.78 is 31.7. The fraction of sp³-hybridized carbons (Fsp3) is 0.400. The van der Waals surface area contributed by atoms with Crippen LogP contribution in [-0.2, 0) is 23.5 Å². The van der Waals surface area contributed by atoms with Gasteiger partial charge in [-0.1, -0.05) is 30.3 Å². The zero-order chi connectivity index (χ0) is 19.9. The zero-order valence-corrected chi connectivity index (χ0v) is 16.4. The summed E-state index contributed by atoms with van der Waals surface area (Å²) in [6.45, 7) is 0.733. The maximum atomic E-state index is 13.2. The molecule has 7 nitrogen and oxygen atoms in total. The van der Waals surface area contributed by atoms with Crippen molar-refractivity contribution in [3.05, 3.63) is 64.1 Å². The number of sulfone groups is 1. The second kappa shape index (κ2) is 7.09. The van der Waals surface area contributed by atoms with Crippen molar-refractivity contribution in [3.63, 3.8) is 0 Å². The Morgan fingerprint density at radius 2 is 1.93 bits per heavy atom. The lowest BCUT2D eigenvalue weighted by Gasteiger charge is -2.21. The van der Waals surface area contributed by atoms with Crippen molar-refractivity contribution in [2.75, 3.05) is 18.8 Å². The predicted molar refractivity (Wildman–Crippen MR) is 104 cm³/mol. The molecule has 0 aliphatic carbocycles. The van der Waals surface area contributed by atoms with Gasteiger partial charge < -0.3 is 14.2 Å². The molecule has 0 saturated carbocycles. The van der Waals surface area contributed by atoms with E-state index >= 15 is 0 Å². The van der Waals surface area contributed by atoms with E-state index in [9.17, 15) is 18.0 Å². The van der Waals surface area contributed by atoms with Crippen LogP contribution in [0.15, 0.2) is 47.4 Å². The van der Waals surface area contributed by atoms with E-state index in [1.54, 1.807) is 11.6 Å². The summed E-state index contributed by atoms with van der Waals surface area (Å²) in [5, 5.41) is -0.495. The molecular weight excluding hydrogens is 380 g/mol. The third-order valence-corrected chi connectivity index (χ3v) is 7.83. The molecule has 4 rings (SSSR count). The summed E-state index contributed by atoms with van der Waals surface area (Å²) in [6, 6.07) is 10.7. The number of pyridine rings is 1. The first kappa shape index (κ1) is 18.7. The van der Waals surface area contributed by atoms with E-state index in [-0.39, 0.29) is 47.6 Å². The van der Waals surface area contributed by atoms with Crippen LogP contribution in [0, 0.1) is 5.92 Å². The monoisotopic (exact) mass is 402 g/mol. The van der Waals surface area contributed by atoms with Gasteiger partial charge in [0.25, 0.3) is 5.91 Å². The van der Waals surface area contributed by atoms with E-state index in [0.717, 1.165) is 5.56 Å². The molecule has 148 valence electrons. The Morgan fingerprint density at radius 1 is 1.18 bits per heavy atom. The molecule has 2 saturated heterocycles. The van der Waals surface area contributed by atoms with Crippen LogP contribution in [0.1, 0.15) is 22.5 Å². The molecule has 2 aliphatic heterocycles. The number of aryl methyl sites for hydroxylation is 1. The summed E-state index contributed by atoms with van der Waals surface area (Å²) >= 11 is 0. The Hall–Kier alpha value is -2.61. The number of rotatable bonds is 4. The van der Waals surface area contributed by atoms with Crippen molar-refractivity contribution in [2.45, 2.75) is 18.3 Å². The number of hydrogen-bond donors (Lipinski definition) is 0. The van der Waals surface area contributed by atoms with Crippen LogP contribution in [0.4, 0.5) is 0 Å². The van der Waals surface area contributed by atoms with Crippen molar-refractivity contribution < 1.29 is 17.9 Å². The van der Waals surface area contributed by atoms with Crippen molar-refractivity contribution in [1.82, 2.24) is 9.47 Å². The average molecular weight is 402 g/mol. The Bertz CT molecular complexity index is 1060. The normalized spacial score (nSPS) is 22.8. The van der Waals surface area contributed by atoms with Gasteiger partial charge in [-0.2, -0.15) is 0 Å². The molecule has 1 aromatic heterocycles. The van der Waals surface area contributed by atoms with Crippen LogP contribution in [0.25, 0.3) is 0 Å². The number of ether oxygens (including phenoxy) is 1. The van der Waals surface area contributed by atoms with Crippen LogP contribution < -0.4 is 10.2 Å². The maximum Gasteiger partial charge on any atom is 0.274 e. The van der Waals surface area contributed by atoms with Crippen LogP contribution in [0.3, 0.4) is 0 Å². The summed E-state index contributed by atoms with van der Waals surface area (Å²) in [5.41, 5.74) is 0.666. The van der Waals surface area contributed by atoms with Crippen molar-refractivity contribution >= 4 is 15.7 Å². The summed E-state index contributed by atoms with van der Waals surface area (Å²) in [5.74, 6) is -0.199. The minimum absolute atomic E-state index is 0.00114. The standard InChI is InChI=1S/C20H22N2O5S/c1-21-9-7-16(23)19(27-13-14-5-3-2-4-6-14)18(21)20(24)22-11-15-8-10-28(25,26)17(15)12-22/h2-7,9,15,17H,8,10-13H2,1H3/t15-,17+/m0/s1. The van der Waals surface area contributed by atoms with Gasteiger partial charge in [-0.3, -0.25) is 9.59 Å².